The fourth-order valence-electron chi connectivity index (χ4n) is 3.09. The van der Waals surface area contributed by atoms with Crippen molar-refractivity contribution in [1.29, 1.82) is 0 Å². The maximum atomic E-state index is 13.6. The Balaban J connectivity index is 1.91. The molecule has 3 rings (SSSR count). The summed E-state index contributed by atoms with van der Waals surface area (Å²) in [6, 6.07) is 12.1. The highest BCUT2D eigenvalue weighted by molar-refractivity contribution is 5.98. The maximum Gasteiger partial charge on any atom is 0.335 e. The van der Waals surface area contributed by atoms with Crippen molar-refractivity contribution in [3.05, 3.63) is 83.1 Å². The number of carbonyl (C=O) groups excluding carboxylic acids is 1. The van der Waals surface area contributed by atoms with Gasteiger partial charge >= 0.3 is 5.97 Å². The third-order valence-corrected chi connectivity index (χ3v) is 4.77. The van der Waals surface area contributed by atoms with E-state index in [1.54, 1.807) is 49.4 Å². The van der Waals surface area contributed by atoms with Crippen molar-refractivity contribution in [2.75, 3.05) is 0 Å². The molecule has 0 fully saturated rings. The lowest BCUT2D eigenvalue weighted by molar-refractivity contribution is 0.0696. The lowest BCUT2D eigenvalue weighted by Crippen LogP contribution is -2.27. The van der Waals surface area contributed by atoms with E-state index >= 15 is 0 Å². The fourth-order valence-corrected chi connectivity index (χ4v) is 3.09. The van der Waals surface area contributed by atoms with Gasteiger partial charge in [-0.25, -0.2) is 18.3 Å². The van der Waals surface area contributed by atoms with Crippen LogP contribution in [-0.2, 0) is 7.05 Å². The molecule has 3 aromatic rings. The molecule has 2 aromatic carbocycles. The molecular formula is C23H21F2N3O4. The molecule has 0 saturated heterocycles. The second kappa shape index (κ2) is 9.42. The van der Waals surface area contributed by atoms with Gasteiger partial charge < -0.3 is 15.2 Å². The Morgan fingerprint density at radius 1 is 1.22 bits per heavy atom. The number of carboxylic acid groups (broad SMARTS) is 1. The van der Waals surface area contributed by atoms with Gasteiger partial charge in [-0.05, 0) is 42.3 Å². The van der Waals surface area contributed by atoms with Crippen LogP contribution in [0.5, 0.6) is 11.6 Å². The van der Waals surface area contributed by atoms with E-state index in [0.717, 1.165) is 10.2 Å². The number of alkyl halides is 2. The van der Waals surface area contributed by atoms with Crippen LogP contribution >= 0.6 is 0 Å². The van der Waals surface area contributed by atoms with Crippen molar-refractivity contribution in [3.63, 3.8) is 0 Å². The second-order valence-corrected chi connectivity index (χ2v) is 6.99. The quantitative estimate of drug-likeness (QED) is 0.514. The molecule has 0 aliphatic rings. The summed E-state index contributed by atoms with van der Waals surface area (Å²) in [5.41, 5.74) is 0.376. The van der Waals surface area contributed by atoms with Gasteiger partial charge in [0.05, 0.1) is 11.6 Å². The van der Waals surface area contributed by atoms with Gasteiger partial charge in [-0.1, -0.05) is 36.9 Å². The molecule has 7 nitrogen and oxygen atoms in total. The number of rotatable bonds is 8. The lowest BCUT2D eigenvalue weighted by Gasteiger charge is -2.16. The highest BCUT2D eigenvalue weighted by atomic mass is 19.3. The molecule has 1 atom stereocenters. The third kappa shape index (κ3) is 4.83. The van der Waals surface area contributed by atoms with Crippen molar-refractivity contribution in [2.45, 2.75) is 19.4 Å². The van der Waals surface area contributed by atoms with Crippen molar-refractivity contribution < 1.29 is 28.2 Å². The zero-order valence-electron chi connectivity index (χ0n) is 17.4. The van der Waals surface area contributed by atoms with Crippen molar-refractivity contribution in [1.82, 2.24) is 15.1 Å². The van der Waals surface area contributed by atoms with Crippen LogP contribution in [0, 0.1) is 0 Å². The number of aromatic carboxylic acids is 1. The van der Waals surface area contributed by atoms with Gasteiger partial charge in [0.1, 0.15) is 17.0 Å². The number of amides is 1. The number of carboxylic acids is 1. The van der Waals surface area contributed by atoms with Crippen molar-refractivity contribution in [3.8, 4) is 11.6 Å². The van der Waals surface area contributed by atoms with Gasteiger partial charge in [0.25, 0.3) is 12.3 Å². The van der Waals surface area contributed by atoms with Gasteiger partial charge in [-0.3, -0.25) is 4.79 Å². The number of aryl methyl sites for hydroxylation is 1. The van der Waals surface area contributed by atoms with E-state index in [9.17, 15) is 18.4 Å². The maximum absolute atomic E-state index is 13.6. The summed E-state index contributed by atoms with van der Waals surface area (Å²) in [7, 11) is 1.41. The minimum absolute atomic E-state index is 0.0944. The summed E-state index contributed by atoms with van der Waals surface area (Å²) >= 11 is 0. The molecule has 0 radical (unpaired) electrons. The Labute approximate surface area is 182 Å². The highest BCUT2D eigenvalue weighted by Gasteiger charge is 2.30. The number of nitrogens with one attached hydrogen (secondary N) is 1. The second-order valence-electron chi connectivity index (χ2n) is 6.99. The fraction of sp³-hybridized carbons (Fsp3) is 0.174. The molecule has 0 bridgehead atoms. The average Bonchev–Trinajstić information content (AvgIpc) is 3.10. The Hall–Kier alpha value is -4.01. The number of aromatic nitrogens is 2. The first-order chi connectivity index (χ1) is 15.2. The van der Waals surface area contributed by atoms with E-state index in [1.807, 2.05) is 0 Å². The van der Waals surface area contributed by atoms with E-state index < -0.39 is 30.0 Å². The van der Waals surface area contributed by atoms with Crippen LogP contribution in [0.3, 0.4) is 0 Å². The molecule has 32 heavy (non-hydrogen) atoms. The SMILES string of the molecule is C=Cc1cccc(Oc2c(C(=O)N[C@@H](C)c3ccc(C(=O)O)cc3)c(C(F)F)nn2C)c1. The standard InChI is InChI=1S/C23H21F2N3O4/c1-4-14-6-5-7-17(12-14)32-22-18(19(20(24)25)27-28(22)3)21(29)26-13(2)15-8-10-16(11-9-15)23(30)31/h4-13,20H,1H2,2-3H3,(H,26,29)(H,30,31)/t13-/m0/s1. The van der Waals surface area contributed by atoms with Crippen LogP contribution < -0.4 is 10.1 Å². The molecule has 2 N–H and O–H groups in total. The molecule has 0 aliphatic heterocycles. The molecule has 1 heterocycles. The Morgan fingerprint density at radius 2 is 1.91 bits per heavy atom. The Bertz CT molecular complexity index is 1160. The summed E-state index contributed by atoms with van der Waals surface area (Å²) < 4.78 is 34.1. The van der Waals surface area contributed by atoms with Crippen LogP contribution in [0.4, 0.5) is 8.78 Å². The molecule has 0 spiro atoms. The first-order valence-electron chi connectivity index (χ1n) is 9.60. The number of hydrogen-bond donors (Lipinski definition) is 2. The first kappa shape index (κ1) is 22.7. The molecular weight excluding hydrogens is 420 g/mol. The summed E-state index contributed by atoms with van der Waals surface area (Å²) in [6.07, 6.45) is -1.39. The molecule has 1 aromatic heterocycles. The monoisotopic (exact) mass is 441 g/mol. The van der Waals surface area contributed by atoms with E-state index in [2.05, 4.69) is 17.0 Å². The summed E-state index contributed by atoms with van der Waals surface area (Å²) in [5.74, 6) is -1.67. The number of ether oxygens (including phenoxy) is 1. The Morgan fingerprint density at radius 3 is 2.50 bits per heavy atom. The average molecular weight is 441 g/mol. The number of benzene rings is 2. The number of carbonyl (C=O) groups is 2. The van der Waals surface area contributed by atoms with E-state index in [0.29, 0.717) is 11.3 Å². The van der Waals surface area contributed by atoms with Gasteiger partial charge in [-0.2, -0.15) is 5.10 Å². The van der Waals surface area contributed by atoms with Gasteiger partial charge in [0.2, 0.25) is 5.88 Å². The number of halogens is 2. The zero-order valence-corrected chi connectivity index (χ0v) is 17.4. The van der Waals surface area contributed by atoms with E-state index in [1.165, 1.54) is 19.2 Å². The number of nitrogens with zero attached hydrogens (tertiary/aromatic N) is 2. The van der Waals surface area contributed by atoms with Crippen LogP contribution in [0.2, 0.25) is 0 Å². The highest BCUT2D eigenvalue weighted by Crippen LogP contribution is 2.33. The van der Waals surface area contributed by atoms with Crippen LogP contribution in [0.15, 0.2) is 55.1 Å². The first-order valence-corrected chi connectivity index (χ1v) is 9.60. The van der Waals surface area contributed by atoms with Gasteiger partial charge in [0.15, 0.2) is 0 Å². The Kier molecular flexibility index (Phi) is 6.67. The topological polar surface area (TPSA) is 93.4 Å². The molecule has 1 amide bonds. The van der Waals surface area contributed by atoms with Gasteiger partial charge in [0, 0.05) is 7.05 Å². The van der Waals surface area contributed by atoms with Crippen LogP contribution in [-0.4, -0.2) is 26.8 Å². The zero-order chi connectivity index (χ0) is 23.4. The molecule has 0 saturated carbocycles. The largest absolute Gasteiger partial charge is 0.478 e. The third-order valence-electron chi connectivity index (χ3n) is 4.77. The lowest BCUT2D eigenvalue weighted by atomic mass is 10.1. The van der Waals surface area contributed by atoms with E-state index in [4.69, 9.17) is 9.84 Å². The van der Waals surface area contributed by atoms with Crippen LogP contribution in [0.25, 0.3) is 6.08 Å². The van der Waals surface area contributed by atoms with Crippen LogP contribution in [0.1, 0.15) is 56.9 Å². The summed E-state index contributed by atoms with van der Waals surface area (Å²) in [5, 5.41) is 15.4. The number of hydrogen-bond acceptors (Lipinski definition) is 4. The molecule has 9 heteroatoms. The predicted molar refractivity (Wildman–Crippen MR) is 114 cm³/mol. The smallest absolute Gasteiger partial charge is 0.335 e. The minimum Gasteiger partial charge on any atom is -0.478 e. The molecule has 0 unspecified atom stereocenters. The summed E-state index contributed by atoms with van der Waals surface area (Å²) in [6.45, 7) is 5.33. The predicted octanol–water partition coefficient (Wildman–Crippen LogP) is 4.98. The normalized spacial score (nSPS) is 11.8. The molecule has 0 aliphatic carbocycles. The summed E-state index contributed by atoms with van der Waals surface area (Å²) in [4.78, 5) is 24.0. The van der Waals surface area contributed by atoms with Crippen molar-refractivity contribution in [2.24, 2.45) is 7.05 Å². The minimum atomic E-state index is -3.00. The van der Waals surface area contributed by atoms with Gasteiger partial charge in [-0.15, -0.1) is 0 Å². The molecule has 166 valence electrons. The van der Waals surface area contributed by atoms with E-state index in [-0.39, 0.29) is 17.0 Å². The van der Waals surface area contributed by atoms with Crippen molar-refractivity contribution >= 4 is 18.0 Å².